The Morgan fingerprint density at radius 2 is 1.67 bits per heavy atom. The lowest BCUT2D eigenvalue weighted by Crippen LogP contribution is -2.22. The van der Waals surface area contributed by atoms with E-state index in [1.807, 2.05) is 7.05 Å². The number of halogens is 1. The van der Waals surface area contributed by atoms with E-state index in [2.05, 4.69) is 15.0 Å². The minimum atomic E-state index is 0.221. The lowest BCUT2D eigenvalue weighted by molar-refractivity contribution is 0.340. The van der Waals surface area contributed by atoms with E-state index in [-0.39, 0.29) is 12.0 Å². The van der Waals surface area contributed by atoms with Gasteiger partial charge in [0.2, 0.25) is 5.95 Å². The van der Waals surface area contributed by atoms with Gasteiger partial charge in [0, 0.05) is 19.5 Å². The van der Waals surface area contributed by atoms with Crippen molar-refractivity contribution < 1.29 is 9.47 Å². The molecule has 0 unspecified atom stereocenters. The normalized spacial score (nSPS) is 9.87. The predicted octanol–water partition coefficient (Wildman–Crippen LogP) is 0.564. The molecule has 0 bridgehead atoms. The maximum atomic E-state index is 5.62. The smallest absolute Gasteiger partial charge is 0.324 e. The van der Waals surface area contributed by atoms with Crippen LogP contribution in [0.15, 0.2) is 0 Å². The molecule has 0 aromatic carbocycles. The van der Waals surface area contributed by atoms with Crippen LogP contribution < -0.4 is 14.4 Å². The second-order valence-corrected chi connectivity index (χ2v) is 3.10. The molecule has 1 heterocycles. The molecule has 6 nitrogen and oxygen atoms in total. The van der Waals surface area contributed by atoms with Crippen molar-refractivity contribution in [3.05, 3.63) is 0 Å². The summed E-state index contributed by atoms with van der Waals surface area (Å²) in [6.45, 7) is 0.637. The van der Waals surface area contributed by atoms with E-state index in [0.717, 1.165) is 0 Å². The van der Waals surface area contributed by atoms with Gasteiger partial charge in [-0.3, -0.25) is 0 Å². The fourth-order valence-corrected chi connectivity index (χ4v) is 1.16. The average Bonchev–Trinajstić information content (AvgIpc) is 2.28. The monoisotopic (exact) mass is 232 g/mol. The van der Waals surface area contributed by atoms with Gasteiger partial charge in [-0.1, -0.05) is 0 Å². The van der Waals surface area contributed by atoms with Gasteiger partial charge in [-0.05, 0) is 0 Å². The van der Waals surface area contributed by atoms with Crippen molar-refractivity contribution in [1.29, 1.82) is 0 Å². The average molecular weight is 233 g/mol. The van der Waals surface area contributed by atoms with Crippen LogP contribution in [0.1, 0.15) is 0 Å². The van der Waals surface area contributed by atoms with Gasteiger partial charge in [0.05, 0.1) is 14.2 Å². The molecule has 0 aliphatic heterocycles. The highest BCUT2D eigenvalue weighted by atomic mass is 35.5. The number of anilines is 1. The van der Waals surface area contributed by atoms with Crippen molar-refractivity contribution in [1.82, 2.24) is 15.0 Å². The van der Waals surface area contributed by atoms with Gasteiger partial charge < -0.3 is 14.4 Å². The topological polar surface area (TPSA) is 60.4 Å². The van der Waals surface area contributed by atoms with Crippen LogP contribution >= 0.6 is 11.6 Å². The van der Waals surface area contributed by atoms with Gasteiger partial charge in [-0.25, -0.2) is 0 Å². The van der Waals surface area contributed by atoms with Crippen molar-refractivity contribution in [2.45, 2.75) is 0 Å². The Balaban J connectivity index is 2.95. The molecule has 0 N–H and O–H groups in total. The maximum absolute atomic E-state index is 5.62. The van der Waals surface area contributed by atoms with E-state index in [4.69, 9.17) is 21.1 Å². The van der Waals surface area contributed by atoms with Gasteiger partial charge in [0.15, 0.2) is 0 Å². The molecule has 0 radical (unpaired) electrons. The fourth-order valence-electron chi connectivity index (χ4n) is 0.908. The fraction of sp³-hybridized carbons (Fsp3) is 0.625. The zero-order valence-corrected chi connectivity index (χ0v) is 9.65. The summed E-state index contributed by atoms with van der Waals surface area (Å²) in [5.74, 6) is 0.964. The molecule has 7 heteroatoms. The second kappa shape index (κ2) is 5.55. The summed E-state index contributed by atoms with van der Waals surface area (Å²) in [4.78, 5) is 13.8. The first-order chi connectivity index (χ1) is 7.21. The number of methoxy groups -OCH3 is 2. The Morgan fingerprint density at radius 1 is 1.13 bits per heavy atom. The highest BCUT2D eigenvalue weighted by Gasteiger charge is 2.10. The highest BCUT2D eigenvalue weighted by molar-refractivity contribution is 6.18. The van der Waals surface area contributed by atoms with Crippen molar-refractivity contribution >= 4 is 17.5 Å². The summed E-state index contributed by atoms with van der Waals surface area (Å²) in [7, 11) is 4.80. The number of hydrogen-bond acceptors (Lipinski definition) is 6. The Morgan fingerprint density at radius 3 is 2.07 bits per heavy atom. The number of nitrogens with zero attached hydrogens (tertiary/aromatic N) is 4. The summed E-state index contributed by atoms with van der Waals surface area (Å²) in [6.07, 6.45) is 0. The molecule has 0 spiro atoms. The van der Waals surface area contributed by atoms with E-state index in [0.29, 0.717) is 18.4 Å². The minimum Gasteiger partial charge on any atom is -0.467 e. The third-order valence-corrected chi connectivity index (χ3v) is 1.88. The van der Waals surface area contributed by atoms with Crippen LogP contribution in [0.5, 0.6) is 12.0 Å². The molecule has 0 aliphatic rings. The van der Waals surface area contributed by atoms with Crippen LogP contribution in [0.25, 0.3) is 0 Å². The lowest BCUT2D eigenvalue weighted by atomic mass is 10.6. The third-order valence-electron chi connectivity index (χ3n) is 1.71. The molecule has 1 rings (SSSR count). The van der Waals surface area contributed by atoms with Gasteiger partial charge in [-0.2, -0.15) is 9.97 Å². The molecule has 15 heavy (non-hydrogen) atoms. The van der Waals surface area contributed by atoms with Crippen LogP contribution in [0.3, 0.4) is 0 Å². The van der Waals surface area contributed by atoms with Gasteiger partial charge in [0.25, 0.3) is 0 Å². The third kappa shape index (κ3) is 3.09. The summed E-state index contributed by atoms with van der Waals surface area (Å²) in [5, 5.41) is 0. The minimum absolute atomic E-state index is 0.221. The van der Waals surface area contributed by atoms with E-state index < -0.39 is 0 Å². The van der Waals surface area contributed by atoms with Crippen LogP contribution in [-0.4, -0.2) is 48.6 Å². The van der Waals surface area contributed by atoms with Gasteiger partial charge in [-0.15, -0.1) is 16.6 Å². The van der Waals surface area contributed by atoms with Crippen molar-refractivity contribution in [2.24, 2.45) is 0 Å². The Bertz CT molecular complexity index is 301. The first-order valence-corrected chi connectivity index (χ1v) is 4.86. The molecule has 0 atom stereocenters. The number of rotatable bonds is 5. The highest BCUT2D eigenvalue weighted by Crippen LogP contribution is 2.14. The van der Waals surface area contributed by atoms with Gasteiger partial charge in [0.1, 0.15) is 0 Å². The predicted molar refractivity (Wildman–Crippen MR) is 56.9 cm³/mol. The SMILES string of the molecule is COc1nc(OC)nc(N(C)CCCl)n1. The van der Waals surface area contributed by atoms with Crippen LogP contribution in [0, 0.1) is 0 Å². The Kier molecular flexibility index (Phi) is 4.36. The maximum Gasteiger partial charge on any atom is 0.324 e. The molecule has 84 valence electrons. The Labute approximate surface area is 93.2 Å². The molecular formula is C8H13ClN4O2. The Hall–Kier alpha value is -1.30. The van der Waals surface area contributed by atoms with E-state index in [1.54, 1.807) is 4.90 Å². The molecule has 0 saturated heterocycles. The summed E-state index contributed by atoms with van der Waals surface area (Å²) in [6, 6.07) is 0.441. The quantitative estimate of drug-likeness (QED) is 0.692. The number of aromatic nitrogens is 3. The first kappa shape index (κ1) is 11.8. The van der Waals surface area contributed by atoms with E-state index in [9.17, 15) is 0 Å². The largest absolute Gasteiger partial charge is 0.467 e. The summed E-state index contributed by atoms with van der Waals surface area (Å²) >= 11 is 5.62. The molecular weight excluding hydrogens is 220 g/mol. The van der Waals surface area contributed by atoms with E-state index in [1.165, 1.54) is 14.2 Å². The van der Waals surface area contributed by atoms with Crippen LogP contribution in [-0.2, 0) is 0 Å². The first-order valence-electron chi connectivity index (χ1n) is 4.32. The molecule has 1 aromatic heterocycles. The molecule has 0 aliphatic carbocycles. The van der Waals surface area contributed by atoms with Crippen LogP contribution in [0.2, 0.25) is 0 Å². The molecule has 0 amide bonds. The standard InChI is InChI=1S/C8H13ClN4O2/c1-13(5-4-9)6-10-7(14-2)12-8(11-6)15-3/h4-5H2,1-3H3. The zero-order chi connectivity index (χ0) is 11.3. The number of ether oxygens (including phenoxy) is 2. The zero-order valence-electron chi connectivity index (χ0n) is 8.90. The lowest BCUT2D eigenvalue weighted by Gasteiger charge is -2.15. The second-order valence-electron chi connectivity index (χ2n) is 2.72. The molecule has 1 aromatic rings. The van der Waals surface area contributed by atoms with Crippen molar-refractivity contribution in [2.75, 3.05) is 38.6 Å². The molecule has 0 saturated carbocycles. The number of alkyl halides is 1. The summed E-state index contributed by atoms with van der Waals surface area (Å²) < 4.78 is 9.85. The van der Waals surface area contributed by atoms with Crippen LogP contribution in [0.4, 0.5) is 5.95 Å². The van der Waals surface area contributed by atoms with Crippen molar-refractivity contribution in [3.8, 4) is 12.0 Å². The number of hydrogen-bond donors (Lipinski definition) is 0. The summed E-state index contributed by atoms with van der Waals surface area (Å²) in [5.41, 5.74) is 0. The van der Waals surface area contributed by atoms with E-state index >= 15 is 0 Å². The van der Waals surface area contributed by atoms with Gasteiger partial charge >= 0.3 is 12.0 Å². The molecule has 0 fully saturated rings. The van der Waals surface area contributed by atoms with Crippen molar-refractivity contribution in [3.63, 3.8) is 0 Å².